The molecule has 9 unspecified atom stereocenters. The highest BCUT2D eigenvalue weighted by Crippen LogP contribution is 2.48. The minimum atomic E-state index is -0.414. The van der Waals surface area contributed by atoms with E-state index in [4.69, 9.17) is 6.92 Å². The van der Waals surface area contributed by atoms with E-state index >= 15 is 0 Å². The summed E-state index contributed by atoms with van der Waals surface area (Å²) in [7, 11) is 0. The number of hydrogen-bond donors (Lipinski definition) is 2. The first-order valence-corrected chi connectivity index (χ1v) is 9.34. The van der Waals surface area contributed by atoms with E-state index in [2.05, 4.69) is 34.6 Å². The van der Waals surface area contributed by atoms with Crippen LogP contribution in [0.2, 0.25) is 0 Å². The molecule has 0 bridgehead atoms. The third-order valence-corrected chi connectivity index (χ3v) is 6.46. The van der Waals surface area contributed by atoms with Gasteiger partial charge in [0, 0.05) is 0 Å². The molecule has 0 aromatic heterocycles. The number of aliphatic hydroxyl groups excluding tert-OH is 2. The van der Waals surface area contributed by atoms with Crippen molar-refractivity contribution < 1.29 is 10.2 Å². The molecule has 9 atom stereocenters. The summed E-state index contributed by atoms with van der Waals surface area (Å²) < 4.78 is 0. The molecule has 2 fully saturated rings. The first-order valence-electron chi connectivity index (χ1n) is 9.34. The van der Waals surface area contributed by atoms with Crippen molar-refractivity contribution in [2.45, 2.75) is 72.5 Å². The fourth-order valence-corrected chi connectivity index (χ4v) is 5.59. The largest absolute Gasteiger partial charge is 0.393 e. The Morgan fingerprint density at radius 2 is 1.32 bits per heavy atom. The highest BCUT2D eigenvalue weighted by Gasteiger charge is 2.46. The molecule has 0 aliphatic heterocycles. The van der Waals surface area contributed by atoms with Crippen LogP contribution >= 0.6 is 0 Å². The zero-order chi connectivity index (χ0) is 16.6. The average Bonchev–Trinajstić information content (AvgIpc) is 2.40. The van der Waals surface area contributed by atoms with Crippen LogP contribution in [0.15, 0.2) is 0 Å². The molecule has 0 amide bonds. The zero-order valence-corrected chi connectivity index (χ0v) is 15.1. The molecule has 0 aromatic rings. The van der Waals surface area contributed by atoms with Crippen LogP contribution in [0.25, 0.3) is 0 Å². The van der Waals surface area contributed by atoms with E-state index in [1.54, 1.807) is 0 Å². The molecule has 2 aliphatic carbocycles. The van der Waals surface area contributed by atoms with Crippen molar-refractivity contribution in [2.75, 3.05) is 0 Å². The van der Waals surface area contributed by atoms with Gasteiger partial charge >= 0.3 is 0 Å². The van der Waals surface area contributed by atoms with Gasteiger partial charge in [0.15, 0.2) is 0 Å². The van der Waals surface area contributed by atoms with Gasteiger partial charge in [-0.3, -0.25) is 0 Å². The third kappa shape index (κ3) is 3.70. The van der Waals surface area contributed by atoms with E-state index < -0.39 is 6.10 Å². The number of hydrogen-bond acceptors (Lipinski definition) is 2. The van der Waals surface area contributed by atoms with Crippen LogP contribution in [0.1, 0.15) is 60.3 Å². The first-order chi connectivity index (χ1) is 10.2. The van der Waals surface area contributed by atoms with Gasteiger partial charge in [-0.25, -0.2) is 0 Å². The minimum absolute atomic E-state index is 0.106. The van der Waals surface area contributed by atoms with Gasteiger partial charge in [-0.15, -0.1) is 0 Å². The molecule has 22 heavy (non-hydrogen) atoms. The molecule has 2 aliphatic rings. The van der Waals surface area contributed by atoms with E-state index in [0.717, 1.165) is 25.7 Å². The fraction of sp³-hybridized carbons (Fsp3) is 0.950. The van der Waals surface area contributed by atoms with Crippen LogP contribution in [-0.2, 0) is 0 Å². The Hall–Kier alpha value is -0.0800. The van der Waals surface area contributed by atoms with E-state index in [-0.39, 0.29) is 17.9 Å². The predicted octanol–water partition coefficient (Wildman–Crippen LogP) is 4.04. The smallest absolute Gasteiger partial charge is 0.0602 e. The molecule has 128 valence electrons. The van der Waals surface area contributed by atoms with Crippen molar-refractivity contribution >= 4 is 0 Å². The molecule has 0 heterocycles. The van der Waals surface area contributed by atoms with Gasteiger partial charge in [0.2, 0.25) is 0 Å². The van der Waals surface area contributed by atoms with Crippen LogP contribution < -0.4 is 0 Å². The topological polar surface area (TPSA) is 40.5 Å². The monoisotopic (exact) mass is 308 g/mol. The zero-order valence-electron chi connectivity index (χ0n) is 15.1. The van der Waals surface area contributed by atoms with E-state index in [9.17, 15) is 10.2 Å². The van der Waals surface area contributed by atoms with Crippen molar-refractivity contribution in [3.05, 3.63) is 6.92 Å². The van der Waals surface area contributed by atoms with Crippen molar-refractivity contribution in [1.82, 2.24) is 0 Å². The van der Waals surface area contributed by atoms with E-state index in [1.165, 1.54) is 0 Å². The Morgan fingerprint density at radius 1 is 0.818 bits per heavy atom. The molecule has 0 saturated heterocycles. The van der Waals surface area contributed by atoms with Gasteiger partial charge < -0.3 is 10.2 Å². The van der Waals surface area contributed by atoms with Crippen LogP contribution in [-0.4, -0.2) is 22.4 Å². The molecular weight excluding hydrogens is 272 g/mol. The lowest BCUT2D eigenvalue weighted by molar-refractivity contribution is -0.0895. The Balaban J connectivity index is 2.25. The van der Waals surface area contributed by atoms with Crippen LogP contribution in [0.3, 0.4) is 0 Å². The van der Waals surface area contributed by atoms with Crippen molar-refractivity contribution in [2.24, 2.45) is 47.3 Å². The highest BCUT2D eigenvalue weighted by atomic mass is 16.3. The van der Waals surface area contributed by atoms with Gasteiger partial charge in [-0.1, -0.05) is 34.6 Å². The Morgan fingerprint density at radius 3 is 1.86 bits per heavy atom. The first kappa shape index (κ1) is 18.3. The molecule has 2 rings (SSSR count). The second-order valence-corrected chi connectivity index (χ2v) is 8.92. The number of aliphatic hydroxyl groups is 2. The van der Waals surface area contributed by atoms with Gasteiger partial charge in [0.25, 0.3) is 0 Å². The molecule has 2 saturated carbocycles. The summed E-state index contributed by atoms with van der Waals surface area (Å²) in [5.41, 5.74) is 0. The van der Waals surface area contributed by atoms with Crippen molar-refractivity contribution in [1.29, 1.82) is 0 Å². The maximum Gasteiger partial charge on any atom is 0.0602 e. The summed E-state index contributed by atoms with van der Waals surface area (Å²) in [4.78, 5) is 0. The van der Waals surface area contributed by atoms with Crippen LogP contribution in [0.5, 0.6) is 0 Å². The normalized spacial score (nSPS) is 48.4. The predicted molar refractivity (Wildman–Crippen MR) is 91.1 cm³/mol. The maximum absolute atomic E-state index is 10.8. The summed E-state index contributed by atoms with van der Waals surface area (Å²) in [6.07, 6.45) is 3.52. The highest BCUT2D eigenvalue weighted by molar-refractivity contribution is 4.96. The minimum Gasteiger partial charge on any atom is -0.393 e. The average molecular weight is 309 g/mol. The quantitative estimate of drug-likeness (QED) is 0.826. The van der Waals surface area contributed by atoms with Crippen molar-refractivity contribution in [3.8, 4) is 0 Å². The lowest BCUT2D eigenvalue weighted by Crippen LogP contribution is -2.48. The SMILES string of the molecule is [CH]C1CC(C)CC(C(C(C)C)C2CC(C)CC(C)C2O)C1O. The summed E-state index contributed by atoms with van der Waals surface area (Å²) in [6, 6.07) is 0. The second kappa shape index (κ2) is 7.21. The van der Waals surface area contributed by atoms with E-state index in [1.807, 2.05) is 0 Å². The molecular formula is C20H36O2. The molecule has 2 heteroatoms. The van der Waals surface area contributed by atoms with Gasteiger partial charge in [-0.05, 0) is 80.0 Å². The van der Waals surface area contributed by atoms with Gasteiger partial charge in [0.1, 0.15) is 0 Å². The fourth-order valence-electron chi connectivity index (χ4n) is 5.59. The number of rotatable bonds is 3. The summed E-state index contributed by atoms with van der Waals surface area (Å²) in [6.45, 7) is 17.4. The summed E-state index contributed by atoms with van der Waals surface area (Å²) >= 11 is 0. The van der Waals surface area contributed by atoms with Crippen LogP contribution in [0.4, 0.5) is 0 Å². The molecule has 2 nitrogen and oxygen atoms in total. The Kier molecular flexibility index (Phi) is 5.99. The lowest BCUT2D eigenvalue weighted by atomic mass is 9.58. The lowest BCUT2D eigenvalue weighted by Gasteiger charge is -2.49. The molecule has 0 aromatic carbocycles. The Labute approximate surface area is 137 Å². The van der Waals surface area contributed by atoms with Gasteiger partial charge in [0.05, 0.1) is 12.2 Å². The molecule has 0 spiro atoms. The maximum atomic E-state index is 10.8. The standard InChI is InChI=1S/C20H36O2/c1-11(2)18(16-9-12(3)7-14(5)19(16)21)17-10-13(4)8-15(6)20(17)22/h5,11-22H,7-10H2,1-4,6H3. The second-order valence-electron chi connectivity index (χ2n) is 8.92. The molecule has 2 radical (unpaired) electrons. The summed E-state index contributed by atoms with van der Waals surface area (Å²) in [5, 5.41) is 21.5. The van der Waals surface area contributed by atoms with E-state index in [0.29, 0.717) is 35.5 Å². The molecule has 2 N–H and O–H groups in total. The van der Waals surface area contributed by atoms with Gasteiger partial charge in [-0.2, -0.15) is 0 Å². The third-order valence-electron chi connectivity index (χ3n) is 6.46. The summed E-state index contributed by atoms with van der Waals surface area (Å²) in [5.74, 6) is 2.86. The van der Waals surface area contributed by atoms with Crippen LogP contribution in [0, 0.1) is 54.3 Å². The Bertz CT molecular complexity index is 324. The van der Waals surface area contributed by atoms with Crippen molar-refractivity contribution in [3.63, 3.8) is 0 Å².